The lowest BCUT2D eigenvalue weighted by molar-refractivity contribution is 0.0195. The van der Waals surface area contributed by atoms with Gasteiger partial charge >= 0.3 is 0 Å². The number of aromatic nitrogens is 6. The van der Waals surface area contributed by atoms with Crippen LogP contribution in [0.4, 0.5) is 5.95 Å². The van der Waals surface area contributed by atoms with Gasteiger partial charge in [-0.1, -0.05) is 0 Å². The second kappa shape index (κ2) is 7.55. The molecule has 1 aliphatic carbocycles. The van der Waals surface area contributed by atoms with Crippen LogP contribution in [0.25, 0.3) is 27.8 Å². The highest BCUT2D eigenvalue weighted by Crippen LogP contribution is 2.36. The van der Waals surface area contributed by atoms with Gasteiger partial charge < -0.3 is 20.1 Å². The van der Waals surface area contributed by atoms with Crippen molar-refractivity contribution in [2.24, 2.45) is 0 Å². The minimum absolute atomic E-state index is 0.129. The smallest absolute Gasteiger partial charge is 0.228 e. The van der Waals surface area contributed by atoms with Gasteiger partial charge in [0.25, 0.3) is 0 Å². The Hall–Kier alpha value is -3.01. The fourth-order valence-electron chi connectivity index (χ4n) is 4.09. The summed E-state index contributed by atoms with van der Waals surface area (Å²) in [7, 11) is 17.2. The number of aromatic amines is 1. The Kier molecular flexibility index (Phi) is 4.92. The first-order valence-electron chi connectivity index (χ1n) is 10.4. The SMILES string of the molecule is [B]C([B])([B])Oc1nc(NC2CCC(C)(O)CC2)nc2[nH]cc(-c3ccc4nncn4c3)c12. The minimum Gasteiger partial charge on any atom is -0.500 e. The Labute approximate surface area is 188 Å². The molecule has 4 aromatic rings. The molecule has 0 saturated heterocycles. The summed E-state index contributed by atoms with van der Waals surface area (Å²) >= 11 is 0. The molecular formula is C20H20B3N7O2. The first kappa shape index (κ1) is 20.9. The van der Waals surface area contributed by atoms with Crippen molar-refractivity contribution in [3.05, 3.63) is 30.9 Å². The van der Waals surface area contributed by atoms with Gasteiger partial charge in [0.15, 0.2) is 5.65 Å². The zero-order chi connectivity index (χ0) is 22.5. The van der Waals surface area contributed by atoms with Crippen LogP contribution in [0, 0.1) is 0 Å². The number of nitrogens with zero attached hydrogens (tertiary/aromatic N) is 5. The average Bonchev–Trinajstić information content (AvgIpc) is 3.34. The van der Waals surface area contributed by atoms with Gasteiger partial charge in [0.2, 0.25) is 11.8 Å². The third kappa shape index (κ3) is 4.19. The average molecular weight is 423 g/mol. The summed E-state index contributed by atoms with van der Waals surface area (Å²) in [6.45, 7) is 1.86. The van der Waals surface area contributed by atoms with Crippen LogP contribution in [0.1, 0.15) is 32.6 Å². The van der Waals surface area contributed by atoms with E-state index < -0.39 is 10.9 Å². The lowest BCUT2D eigenvalue weighted by atomic mass is 9.52. The molecule has 156 valence electrons. The molecular weight excluding hydrogens is 403 g/mol. The third-order valence-corrected chi connectivity index (χ3v) is 5.77. The molecule has 0 unspecified atom stereocenters. The largest absolute Gasteiger partial charge is 0.500 e. The molecule has 4 aromatic heterocycles. The molecule has 0 amide bonds. The number of nitrogens with one attached hydrogen (secondary N) is 2. The fourth-order valence-corrected chi connectivity index (χ4v) is 4.09. The van der Waals surface area contributed by atoms with Gasteiger partial charge in [-0.15, -0.1) is 10.2 Å². The summed E-state index contributed by atoms with van der Waals surface area (Å²) < 4.78 is 7.43. The molecule has 4 heterocycles. The first-order chi connectivity index (χ1) is 15.2. The predicted octanol–water partition coefficient (Wildman–Crippen LogP) is 1.27. The molecule has 0 spiro atoms. The van der Waals surface area contributed by atoms with Crippen molar-refractivity contribution in [3.8, 4) is 17.0 Å². The standard InChI is InChI=1S/C20H20B3N7O2/c1-19(31)6-4-12(5-7-19)26-18-27-16-15(17(28-18)32-20(21,22)23)13(8-24-16)11-2-3-14-29-25-10-30(14)9-11/h2-3,8-10,12,31H,4-7H2,1H3,(H2,24,26,27,28). The highest BCUT2D eigenvalue weighted by Gasteiger charge is 2.29. The number of ether oxygens (including phenoxy) is 1. The van der Waals surface area contributed by atoms with Crippen molar-refractivity contribution >= 4 is 46.2 Å². The number of aliphatic hydroxyl groups is 1. The second-order valence-electron chi connectivity index (χ2n) is 8.66. The zero-order valence-electron chi connectivity index (χ0n) is 17.6. The Morgan fingerprint density at radius 3 is 2.78 bits per heavy atom. The normalized spacial score (nSPS) is 21.8. The van der Waals surface area contributed by atoms with Gasteiger partial charge in [-0.2, -0.15) is 9.97 Å². The molecule has 0 bridgehead atoms. The zero-order valence-corrected chi connectivity index (χ0v) is 17.6. The molecule has 9 nitrogen and oxygen atoms in total. The van der Waals surface area contributed by atoms with Gasteiger partial charge in [-0.3, -0.25) is 4.40 Å². The van der Waals surface area contributed by atoms with Crippen molar-refractivity contribution in [3.63, 3.8) is 0 Å². The maximum Gasteiger partial charge on any atom is 0.228 e. The first-order valence-corrected chi connectivity index (χ1v) is 10.4. The van der Waals surface area contributed by atoms with Gasteiger partial charge in [-0.05, 0) is 50.0 Å². The van der Waals surface area contributed by atoms with Gasteiger partial charge in [0.1, 0.15) is 35.5 Å². The van der Waals surface area contributed by atoms with Crippen LogP contribution in [0.15, 0.2) is 30.9 Å². The quantitative estimate of drug-likeness (QED) is 0.415. The van der Waals surface area contributed by atoms with Crippen molar-refractivity contribution < 1.29 is 9.84 Å². The Morgan fingerprint density at radius 2 is 2.03 bits per heavy atom. The number of pyridine rings is 1. The Balaban J connectivity index is 1.54. The number of rotatable bonds is 5. The Morgan fingerprint density at radius 1 is 1.25 bits per heavy atom. The highest BCUT2D eigenvalue weighted by atomic mass is 16.5. The fraction of sp³-hybridized carbons (Fsp3) is 0.400. The van der Waals surface area contributed by atoms with Crippen LogP contribution in [0.3, 0.4) is 0 Å². The van der Waals surface area contributed by atoms with Gasteiger partial charge in [-0.25, -0.2) is 0 Å². The predicted molar refractivity (Wildman–Crippen MR) is 123 cm³/mol. The number of fused-ring (bicyclic) bond motifs is 2. The summed E-state index contributed by atoms with van der Waals surface area (Å²) in [5, 5.41) is 20.1. The molecule has 1 aliphatic rings. The molecule has 5 rings (SSSR count). The van der Waals surface area contributed by atoms with Crippen LogP contribution in [0.5, 0.6) is 5.88 Å². The maximum atomic E-state index is 10.2. The number of hydrogen-bond acceptors (Lipinski definition) is 7. The molecule has 0 atom stereocenters. The number of H-pyrrole nitrogens is 1. The van der Waals surface area contributed by atoms with E-state index in [4.69, 9.17) is 28.3 Å². The lowest BCUT2D eigenvalue weighted by Crippen LogP contribution is -2.38. The Bertz CT molecular complexity index is 1270. The molecule has 3 N–H and O–H groups in total. The van der Waals surface area contributed by atoms with Gasteiger partial charge in [0.05, 0.1) is 11.0 Å². The maximum absolute atomic E-state index is 10.2. The van der Waals surface area contributed by atoms with Crippen molar-refractivity contribution in [1.29, 1.82) is 0 Å². The van der Waals surface area contributed by atoms with E-state index in [1.165, 1.54) is 0 Å². The molecule has 0 aliphatic heterocycles. The van der Waals surface area contributed by atoms with E-state index in [0.717, 1.165) is 29.6 Å². The van der Waals surface area contributed by atoms with Crippen LogP contribution >= 0.6 is 0 Å². The summed E-state index contributed by atoms with van der Waals surface area (Å²) in [6.07, 6.45) is 8.32. The molecule has 1 fully saturated rings. The van der Waals surface area contributed by atoms with Crippen molar-refractivity contribution in [2.75, 3.05) is 5.32 Å². The minimum atomic E-state index is -1.92. The monoisotopic (exact) mass is 423 g/mol. The molecule has 0 aromatic carbocycles. The third-order valence-electron chi connectivity index (χ3n) is 5.77. The van der Waals surface area contributed by atoms with Crippen molar-refractivity contribution in [1.82, 2.24) is 29.5 Å². The van der Waals surface area contributed by atoms with E-state index in [2.05, 4.69) is 30.5 Å². The second-order valence-corrected chi connectivity index (χ2v) is 8.66. The molecule has 1 saturated carbocycles. The number of hydrogen-bond donors (Lipinski definition) is 3. The van der Waals surface area contributed by atoms with E-state index >= 15 is 0 Å². The van der Waals surface area contributed by atoms with E-state index in [1.807, 2.05) is 35.9 Å². The van der Waals surface area contributed by atoms with E-state index in [9.17, 15) is 5.11 Å². The number of anilines is 1. The summed E-state index contributed by atoms with van der Waals surface area (Å²) in [5.41, 5.74) is 2.29. The summed E-state index contributed by atoms with van der Waals surface area (Å²) in [6, 6.07) is 3.90. The van der Waals surface area contributed by atoms with Crippen LogP contribution in [0.2, 0.25) is 0 Å². The molecule has 6 radical (unpaired) electrons. The van der Waals surface area contributed by atoms with E-state index in [0.29, 0.717) is 29.8 Å². The lowest BCUT2D eigenvalue weighted by Gasteiger charge is -2.33. The van der Waals surface area contributed by atoms with Crippen LogP contribution < -0.4 is 10.1 Å². The van der Waals surface area contributed by atoms with Crippen molar-refractivity contribution in [2.45, 2.75) is 49.5 Å². The van der Waals surface area contributed by atoms with Gasteiger partial charge in [0, 0.05) is 29.6 Å². The summed E-state index contributed by atoms with van der Waals surface area (Å²) in [4.78, 5) is 12.3. The molecule has 12 heteroatoms. The van der Waals surface area contributed by atoms with Crippen LogP contribution in [-0.4, -0.2) is 75.1 Å². The highest BCUT2D eigenvalue weighted by molar-refractivity contribution is 6.58. The topological polar surface area (TPSA) is 113 Å². The van der Waals surface area contributed by atoms with Crippen LogP contribution in [-0.2, 0) is 0 Å². The van der Waals surface area contributed by atoms with E-state index in [-0.39, 0.29) is 11.9 Å². The summed E-state index contributed by atoms with van der Waals surface area (Å²) in [5.74, 6) is 0.527. The molecule has 32 heavy (non-hydrogen) atoms. The van der Waals surface area contributed by atoms with E-state index in [1.54, 1.807) is 6.33 Å².